The summed E-state index contributed by atoms with van der Waals surface area (Å²) in [5.74, 6) is 1.40. The summed E-state index contributed by atoms with van der Waals surface area (Å²) in [6, 6.07) is 81.7. The van der Waals surface area contributed by atoms with Crippen molar-refractivity contribution in [1.82, 2.24) is 24.1 Å². The molecular formula is C74H54N8. The Bertz CT molecular complexity index is 4610. The first kappa shape index (κ1) is 50.8. The molecule has 0 amide bonds. The molecule has 0 unspecified atom stereocenters. The third-order valence-electron chi connectivity index (χ3n) is 15.8. The van der Waals surface area contributed by atoms with Crippen molar-refractivity contribution in [3.63, 3.8) is 0 Å². The van der Waals surface area contributed by atoms with Crippen molar-refractivity contribution in [1.29, 1.82) is 15.8 Å². The van der Waals surface area contributed by atoms with Crippen LogP contribution in [-0.4, -0.2) is 24.1 Å². The molecule has 0 fully saturated rings. The third kappa shape index (κ3) is 9.02. The van der Waals surface area contributed by atoms with Crippen LogP contribution in [0.5, 0.6) is 0 Å². The number of benzene rings is 10. The fourth-order valence-electron chi connectivity index (χ4n) is 11.4. The van der Waals surface area contributed by atoms with E-state index in [9.17, 15) is 15.8 Å². The zero-order chi connectivity index (χ0) is 56.4. The lowest BCUT2D eigenvalue weighted by Gasteiger charge is -2.20. The molecule has 0 aliphatic rings. The van der Waals surface area contributed by atoms with Crippen molar-refractivity contribution in [2.75, 3.05) is 0 Å². The second-order valence-electron chi connectivity index (χ2n) is 23.1. The molecule has 0 atom stereocenters. The molecule has 8 heteroatoms. The number of rotatable bonds is 8. The van der Waals surface area contributed by atoms with Crippen LogP contribution in [0.4, 0.5) is 0 Å². The molecule has 82 heavy (non-hydrogen) atoms. The number of hydrogen-bond donors (Lipinski definition) is 0. The van der Waals surface area contributed by atoms with Gasteiger partial charge in [0.2, 0.25) is 0 Å². The monoisotopic (exact) mass is 1050 g/mol. The fraction of sp³-hybridized carbons (Fsp3) is 0.108. The summed E-state index contributed by atoms with van der Waals surface area (Å²) in [7, 11) is 0. The zero-order valence-electron chi connectivity index (χ0n) is 46.4. The van der Waals surface area contributed by atoms with Crippen molar-refractivity contribution in [3.05, 3.63) is 246 Å². The third-order valence-corrected chi connectivity index (χ3v) is 15.8. The first-order valence-electron chi connectivity index (χ1n) is 27.5. The molecule has 8 nitrogen and oxygen atoms in total. The van der Waals surface area contributed by atoms with E-state index in [1.807, 2.05) is 97.1 Å². The number of para-hydroxylation sites is 2. The van der Waals surface area contributed by atoms with Crippen LogP contribution in [0.1, 0.15) is 69.4 Å². The molecule has 0 saturated carbocycles. The molecule has 390 valence electrons. The molecular weight excluding hydrogens is 1000 g/mol. The maximum atomic E-state index is 10.1. The number of nitriles is 3. The zero-order valence-corrected chi connectivity index (χ0v) is 46.4. The minimum atomic E-state index is -0.0862. The summed E-state index contributed by atoms with van der Waals surface area (Å²) >= 11 is 0. The van der Waals surface area contributed by atoms with Crippen LogP contribution in [-0.2, 0) is 10.8 Å². The van der Waals surface area contributed by atoms with E-state index >= 15 is 0 Å². The smallest absolute Gasteiger partial charge is 0.166 e. The van der Waals surface area contributed by atoms with Crippen LogP contribution in [0.25, 0.3) is 123 Å². The van der Waals surface area contributed by atoms with Crippen molar-refractivity contribution in [3.8, 4) is 97.1 Å². The van der Waals surface area contributed by atoms with Crippen molar-refractivity contribution >= 4 is 43.6 Å². The quantitative estimate of drug-likeness (QED) is 0.149. The number of fused-ring (bicyclic) bond motifs is 6. The Morgan fingerprint density at radius 1 is 0.305 bits per heavy atom. The topological polar surface area (TPSA) is 120 Å². The van der Waals surface area contributed by atoms with Gasteiger partial charge >= 0.3 is 0 Å². The minimum absolute atomic E-state index is 0.0862. The van der Waals surface area contributed by atoms with Crippen LogP contribution in [0.15, 0.2) is 218 Å². The molecule has 0 aliphatic heterocycles. The van der Waals surface area contributed by atoms with Crippen molar-refractivity contribution in [2.45, 2.75) is 52.4 Å². The molecule has 3 aromatic heterocycles. The Kier molecular flexibility index (Phi) is 12.3. The largest absolute Gasteiger partial charge is 0.308 e. The molecule has 0 bridgehead atoms. The number of hydrogen-bond acceptors (Lipinski definition) is 6. The summed E-state index contributed by atoms with van der Waals surface area (Å²) in [4.78, 5) is 16.6. The predicted octanol–water partition coefficient (Wildman–Crippen LogP) is 18.3. The van der Waals surface area contributed by atoms with Crippen LogP contribution < -0.4 is 0 Å². The summed E-state index contributed by atoms with van der Waals surface area (Å²) in [6.07, 6.45) is 0. The van der Waals surface area contributed by atoms with E-state index < -0.39 is 0 Å². The van der Waals surface area contributed by atoms with Gasteiger partial charge in [0, 0.05) is 38.2 Å². The Balaban J connectivity index is 1.12. The maximum Gasteiger partial charge on any atom is 0.166 e. The fourth-order valence-corrected chi connectivity index (χ4v) is 11.4. The van der Waals surface area contributed by atoms with Gasteiger partial charge in [0.1, 0.15) is 0 Å². The van der Waals surface area contributed by atoms with E-state index in [-0.39, 0.29) is 10.8 Å². The minimum Gasteiger partial charge on any atom is -0.308 e. The average Bonchev–Trinajstić information content (AvgIpc) is 4.21. The number of aromatic nitrogens is 5. The molecule has 0 radical (unpaired) electrons. The highest BCUT2D eigenvalue weighted by atomic mass is 15.1. The molecule has 0 aliphatic carbocycles. The molecule has 0 N–H and O–H groups in total. The van der Waals surface area contributed by atoms with Gasteiger partial charge < -0.3 is 9.13 Å². The first-order chi connectivity index (χ1) is 39.7. The summed E-state index contributed by atoms with van der Waals surface area (Å²) in [5, 5.41) is 34.4. The summed E-state index contributed by atoms with van der Waals surface area (Å²) in [6.45, 7) is 13.5. The lowest BCUT2D eigenvalue weighted by molar-refractivity contribution is 0.591. The van der Waals surface area contributed by atoms with Crippen LogP contribution in [0.3, 0.4) is 0 Å². The van der Waals surface area contributed by atoms with Gasteiger partial charge in [-0.05, 0) is 152 Å². The second-order valence-corrected chi connectivity index (χ2v) is 23.1. The summed E-state index contributed by atoms with van der Waals surface area (Å²) < 4.78 is 4.66. The number of nitrogens with zero attached hydrogens (tertiary/aromatic N) is 8. The van der Waals surface area contributed by atoms with Gasteiger partial charge in [0.15, 0.2) is 17.5 Å². The molecule has 0 spiro atoms. The van der Waals surface area contributed by atoms with E-state index in [2.05, 4.69) is 190 Å². The lowest BCUT2D eigenvalue weighted by atomic mass is 9.86. The first-order valence-corrected chi connectivity index (χ1v) is 27.5. The van der Waals surface area contributed by atoms with Gasteiger partial charge in [-0.15, -0.1) is 0 Å². The Morgan fingerprint density at radius 2 is 0.659 bits per heavy atom. The van der Waals surface area contributed by atoms with Crippen LogP contribution >= 0.6 is 0 Å². The molecule has 13 rings (SSSR count). The highest BCUT2D eigenvalue weighted by Crippen LogP contribution is 2.43. The molecule has 13 aromatic rings. The van der Waals surface area contributed by atoms with Crippen molar-refractivity contribution < 1.29 is 0 Å². The predicted molar refractivity (Wildman–Crippen MR) is 333 cm³/mol. The molecule has 0 saturated heterocycles. The van der Waals surface area contributed by atoms with E-state index in [1.54, 1.807) is 0 Å². The van der Waals surface area contributed by atoms with E-state index in [4.69, 9.17) is 15.0 Å². The SMILES string of the molecule is CC(C)(C)c1ccc2c(c1)c1ccccc1n2-c1cc(-c2cccc(C#N)c2)ccc1-c1nc(-c2ccc(-c3cccc(C#N)c3)cc2)nc(-c2ccc(-c3cccc(C#N)c3)cc2-n2c3ccccc3c3cc(C(C)(C)C)ccc32)n1. The van der Waals surface area contributed by atoms with Gasteiger partial charge in [-0.1, -0.05) is 163 Å². The van der Waals surface area contributed by atoms with Gasteiger partial charge in [-0.2, -0.15) is 15.8 Å². The van der Waals surface area contributed by atoms with Gasteiger partial charge in [-0.25, -0.2) is 15.0 Å². The van der Waals surface area contributed by atoms with Gasteiger partial charge in [0.05, 0.1) is 68.3 Å². The van der Waals surface area contributed by atoms with Gasteiger partial charge in [0.25, 0.3) is 0 Å². The summed E-state index contributed by atoms with van der Waals surface area (Å²) in [5.41, 5.74) is 17.7. The second kappa shape index (κ2) is 19.9. The molecule has 3 heterocycles. The standard InChI is InChI=1S/C74H54N8/c1-73(2,3)56-30-34-66-62(41-56)58-20-7-9-22-64(58)81(66)68-39-54(52-18-12-15-47(37-52)44-76)28-32-60(68)71-78-70(50-26-24-49(25-27-50)51-17-11-14-46(36-51)43-75)79-72(80-71)61-33-29-55(53-19-13-16-48(38-53)45-77)40-69(61)82-65-23-10-8-21-59(65)63-42-57(74(4,5)6)31-35-67(63)82/h7-42H,1-6H3. The Morgan fingerprint density at radius 3 is 1.07 bits per heavy atom. The highest BCUT2D eigenvalue weighted by Gasteiger charge is 2.26. The van der Waals surface area contributed by atoms with Crippen LogP contribution in [0.2, 0.25) is 0 Å². The normalized spacial score (nSPS) is 11.7. The molecule has 10 aromatic carbocycles. The maximum absolute atomic E-state index is 10.1. The van der Waals surface area contributed by atoms with E-state index in [0.29, 0.717) is 34.2 Å². The highest BCUT2D eigenvalue weighted by molar-refractivity contribution is 6.11. The Labute approximate surface area is 476 Å². The van der Waals surface area contributed by atoms with Crippen molar-refractivity contribution in [2.24, 2.45) is 0 Å². The van der Waals surface area contributed by atoms with E-state index in [1.165, 1.54) is 11.1 Å². The van der Waals surface area contributed by atoms with E-state index in [0.717, 1.165) is 105 Å². The lowest BCUT2D eigenvalue weighted by Crippen LogP contribution is -2.10. The Hall–Kier alpha value is -10.7. The van der Waals surface area contributed by atoms with Gasteiger partial charge in [-0.3, -0.25) is 0 Å². The average molecular weight is 1060 g/mol. The van der Waals surface area contributed by atoms with Crippen LogP contribution in [0, 0.1) is 34.0 Å².